The van der Waals surface area contributed by atoms with Gasteiger partial charge in [-0.25, -0.2) is 4.68 Å². The zero-order chi connectivity index (χ0) is 15.8. The normalized spacial score (nSPS) is 22.3. The van der Waals surface area contributed by atoms with Crippen molar-refractivity contribution in [1.29, 1.82) is 0 Å². The summed E-state index contributed by atoms with van der Waals surface area (Å²) in [4.78, 5) is 5.06. The van der Waals surface area contributed by atoms with Crippen molar-refractivity contribution in [3.63, 3.8) is 0 Å². The van der Waals surface area contributed by atoms with E-state index in [0.29, 0.717) is 18.7 Å². The van der Waals surface area contributed by atoms with Crippen molar-refractivity contribution in [3.8, 4) is 0 Å². The van der Waals surface area contributed by atoms with E-state index in [1.54, 1.807) is 11.1 Å². The maximum Gasteiger partial charge on any atom is 0.433 e. The second-order valence-corrected chi connectivity index (χ2v) is 5.39. The Labute approximate surface area is 124 Å². The van der Waals surface area contributed by atoms with Crippen molar-refractivity contribution < 1.29 is 18.3 Å². The fraction of sp³-hybridized carbons (Fsp3) is 0.462. The van der Waals surface area contributed by atoms with E-state index in [-0.39, 0.29) is 13.1 Å². The zero-order valence-corrected chi connectivity index (χ0v) is 11.5. The highest BCUT2D eigenvalue weighted by molar-refractivity contribution is 5.48. The van der Waals surface area contributed by atoms with Crippen LogP contribution in [0, 0.1) is 0 Å². The molecule has 1 fully saturated rings. The highest BCUT2D eigenvalue weighted by atomic mass is 19.4. The van der Waals surface area contributed by atoms with Gasteiger partial charge in [0.2, 0.25) is 0 Å². The number of rotatable bonds is 3. The van der Waals surface area contributed by atoms with Gasteiger partial charge in [0.15, 0.2) is 0 Å². The van der Waals surface area contributed by atoms with Gasteiger partial charge < -0.3 is 10.0 Å². The van der Waals surface area contributed by atoms with Gasteiger partial charge in [0.25, 0.3) is 0 Å². The van der Waals surface area contributed by atoms with Crippen molar-refractivity contribution in [2.45, 2.75) is 24.7 Å². The topological polar surface area (TPSA) is 67.1 Å². The van der Waals surface area contributed by atoms with Crippen molar-refractivity contribution >= 4 is 5.69 Å². The average molecular weight is 313 g/mol. The van der Waals surface area contributed by atoms with E-state index >= 15 is 0 Å². The lowest BCUT2D eigenvalue weighted by Gasteiger charge is -2.24. The lowest BCUT2D eigenvalue weighted by atomic mass is 10.0. The third-order valence-corrected chi connectivity index (χ3v) is 3.66. The molecule has 1 N–H and O–H groups in total. The SMILES string of the molecule is OC1(Cn2ccnn2)CCN(c2ccnc(C(F)(F)F)c2)C1. The number of alkyl halides is 3. The van der Waals surface area contributed by atoms with Gasteiger partial charge in [-0.3, -0.25) is 4.98 Å². The average Bonchev–Trinajstić information content (AvgIpc) is 3.08. The fourth-order valence-corrected chi connectivity index (χ4v) is 2.60. The molecule has 0 saturated carbocycles. The molecule has 22 heavy (non-hydrogen) atoms. The number of β-amino-alcohol motifs (C(OH)–C–C–N with tert-alkyl or cyclic N) is 1. The highest BCUT2D eigenvalue weighted by Crippen LogP contribution is 2.32. The summed E-state index contributed by atoms with van der Waals surface area (Å²) in [6, 6.07) is 2.51. The minimum absolute atomic E-state index is 0.230. The summed E-state index contributed by atoms with van der Waals surface area (Å²) in [7, 11) is 0. The molecule has 0 spiro atoms. The molecule has 3 rings (SSSR count). The molecule has 2 aromatic rings. The number of aliphatic hydroxyl groups is 1. The first-order valence-electron chi connectivity index (χ1n) is 6.70. The largest absolute Gasteiger partial charge is 0.433 e. The van der Waals surface area contributed by atoms with E-state index in [2.05, 4.69) is 15.3 Å². The molecule has 118 valence electrons. The monoisotopic (exact) mass is 313 g/mol. The van der Waals surface area contributed by atoms with Gasteiger partial charge in [-0.1, -0.05) is 5.21 Å². The van der Waals surface area contributed by atoms with E-state index in [9.17, 15) is 18.3 Å². The predicted molar refractivity (Wildman–Crippen MR) is 71.0 cm³/mol. The number of hydrogen-bond acceptors (Lipinski definition) is 5. The van der Waals surface area contributed by atoms with Crippen LogP contribution in [0.1, 0.15) is 12.1 Å². The van der Waals surface area contributed by atoms with Crippen LogP contribution in [-0.4, -0.2) is 43.8 Å². The molecular weight excluding hydrogens is 299 g/mol. The fourth-order valence-electron chi connectivity index (χ4n) is 2.60. The molecule has 0 aromatic carbocycles. The van der Waals surface area contributed by atoms with Crippen LogP contribution in [0.25, 0.3) is 0 Å². The van der Waals surface area contributed by atoms with Crippen molar-refractivity contribution in [3.05, 3.63) is 36.4 Å². The van der Waals surface area contributed by atoms with E-state index in [1.165, 1.54) is 16.9 Å². The summed E-state index contributed by atoms with van der Waals surface area (Å²) < 4.78 is 39.6. The maximum atomic E-state index is 12.7. The third-order valence-electron chi connectivity index (χ3n) is 3.66. The number of pyridine rings is 1. The van der Waals surface area contributed by atoms with E-state index < -0.39 is 17.5 Å². The predicted octanol–water partition coefficient (Wildman–Crippen LogP) is 1.33. The Bertz CT molecular complexity index is 645. The summed E-state index contributed by atoms with van der Waals surface area (Å²) in [5.74, 6) is 0. The molecular formula is C13H14F3N5O. The first kappa shape index (κ1) is 14.8. The molecule has 9 heteroatoms. The lowest BCUT2D eigenvalue weighted by molar-refractivity contribution is -0.141. The highest BCUT2D eigenvalue weighted by Gasteiger charge is 2.38. The third kappa shape index (κ3) is 3.03. The quantitative estimate of drug-likeness (QED) is 0.926. The summed E-state index contributed by atoms with van der Waals surface area (Å²) in [5.41, 5.74) is -1.58. The molecule has 2 aromatic heterocycles. The minimum atomic E-state index is -4.48. The molecule has 0 bridgehead atoms. The molecule has 0 aliphatic carbocycles. The van der Waals surface area contributed by atoms with Crippen LogP contribution in [-0.2, 0) is 12.7 Å². The zero-order valence-electron chi connectivity index (χ0n) is 11.5. The number of halogens is 3. The Morgan fingerprint density at radius 3 is 2.82 bits per heavy atom. The van der Waals surface area contributed by atoms with Gasteiger partial charge in [-0.05, 0) is 18.6 Å². The molecule has 6 nitrogen and oxygen atoms in total. The van der Waals surface area contributed by atoms with Gasteiger partial charge in [0.05, 0.1) is 12.7 Å². The first-order chi connectivity index (χ1) is 10.4. The standard InChI is InChI=1S/C13H14F3N5O/c14-13(15,16)11-7-10(1-3-17-11)20-5-2-12(22,8-20)9-21-6-4-18-19-21/h1,3-4,6-7,22H,2,5,8-9H2. The van der Waals surface area contributed by atoms with Gasteiger partial charge in [0, 0.05) is 31.2 Å². The van der Waals surface area contributed by atoms with Crippen LogP contribution in [0.5, 0.6) is 0 Å². The van der Waals surface area contributed by atoms with Crippen molar-refractivity contribution in [1.82, 2.24) is 20.0 Å². The molecule has 1 aliphatic rings. The molecule has 1 atom stereocenters. The lowest BCUT2D eigenvalue weighted by Crippen LogP contribution is -2.37. The van der Waals surface area contributed by atoms with Crippen LogP contribution in [0.2, 0.25) is 0 Å². The van der Waals surface area contributed by atoms with Crippen molar-refractivity contribution in [2.75, 3.05) is 18.0 Å². The maximum absolute atomic E-state index is 12.7. The molecule has 0 amide bonds. The number of hydrogen-bond donors (Lipinski definition) is 1. The summed E-state index contributed by atoms with van der Waals surface area (Å²) in [5, 5.41) is 18.0. The summed E-state index contributed by atoms with van der Waals surface area (Å²) in [6.45, 7) is 0.946. The van der Waals surface area contributed by atoms with Gasteiger partial charge in [-0.2, -0.15) is 13.2 Å². The minimum Gasteiger partial charge on any atom is -0.386 e. The summed E-state index contributed by atoms with van der Waals surface area (Å²) >= 11 is 0. The number of nitrogens with zero attached hydrogens (tertiary/aromatic N) is 5. The second kappa shape index (κ2) is 5.24. The Morgan fingerprint density at radius 1 is 1.32 bits per heavy atom. The van der Waals surface area contributed by atoms with E-state index in [1.807, 2.05) is 0 Å². The Hall–Kier alpha value is -2.16. The molecule has 1 unspecified atom stereocenters. The first-order valence-corrected chi connectivity index (χ1v) is 6.70. The Kier molecular flexibility index (Phi) is 3.51. The van der Waals surface area contributed by atoms with Crippen LogP contribution in [0.3, 0.4) is 0 Å². The second-order valence-electron chi connectivity index (χ2n) is 5.39. The Morgan fingerprint density at radius 2 is 2.14 bits per heavy atom. The molecule has 3 heterocycles. The molecule has 0 radical (unpaired) electrons. The van der Waals surface area contributed by atoms with Crippen LogP contribution < -0.4 is 4.90 Å². The Balaban J connectivity index is 1.75. The number of aromatic nitrogens is 4. The van der Waals surface area contributed by atoms with Crippen LogP contribution >= 0.6 is 0 Å². The van der Waals surface area contributed by atoms with Crippen molar-refractivity contribution in [2.24, 2.45) is 0 Å². The molecule has 1 aliphatic heterocycles. The van der Waals surface area contributed by atoms with E-state index in [4.69, 9.17) is 0 Å². The van der Waals surface area contributed by atoms with Crippen LogP contribution in [0.4, 0.5) is 18.9 Å². The summed E-state index contributed by atoms with van der Waals surface area (Å²) in [6.07, 6.45) is 0.236. The van der Waals surface area contributed by atoms with Gasteiger partial charge in [0.1, 0.15) is 11.3 Å². The molecule has 1 saturated heterocycles. The van der Waals surface area contributed by atoms with Gasteiger partial charge >= 0.3 is 6.18 Å². The van der Waals surface area contributed by atoms with Gasteiger partial charge in [-0.15, -0.1) is 5.10 Å². The van der Waals surface area contributed by atoms with Crippen LogP contribution in [0.15, 0.2) is 30.7 Å². The number of anilines is 1. The smallest absolute Gasteiger partial charge is 0.386 e. The van der Waals surface area contributed by atoms with E-state index in [0.717, 1.165) is 12.3 Å².